The Morgan fingerprint density at radius 1 is 1.33 bits per heavy atom. The fourth-order valence-electron chi connectivity index (χ4n) is 4.32. The number of nitrogens with one attached hydrogen (secondary N) is 1. The molecule has 2 aliphatic carbocycles. The van der Waals surface area contributed by atoms with Gasteiger partial charge in [0.2, 0.25) is 0 Å². The minimum atomic E-state index is 0.397. The summed E-state index contributed by atoms with van der Waals surface area (Å²) >= 11 is 0. The predicted octanol–water partition coefficient (Wildman–Crippen LogP) is 2.10. The second-order valence-electron chi connectivity index (χ2n) is 6.29. The molecule has 3 aliphatic rings. The number of anilines is 1. The SMILES string of the molecule is NCC1CCNc2cc(C3CC4CCC3C4)nn21. The fraction of sp³-hybridized carbons (Fsp3) is 0.786. The molecule has 3 N–H and O–H groups in total. The van der Waals surface area contributed by atoms with Gasteiger partial charge in [0.05, 0.1) is 11.7 Å². The van der Waals surface area contributed by atoms with E-state index in [0.29, 0.717) is 12.6 Å². The lowest BCUT2D eigenvalue weighted by atomic mass is 9.86. The summed E-state index contributed by atoms with van der Waals surface area (Å²) in [6.45, 7) is 1.73. The quantitative estimate of drug-likeness (QED) is 0.840. The largest absolute Gasteiger partial charge is 0.370 e. The minimum absolute atomic E-state index is 0.397. The first-order valence-corrected chi connectivity index (χ1v) is 7.38. The van der Waals surface area contributed by atoms with Crippen LogP contribution in [0.15, 0.2) is 6.07 Å². The van der Waals surface area contributed by atoms with Gasteiger partial charge in [0.15, 0.2) is 0 Å². The molecule has 0 saturated heterocycles. The van der Waals surface area contributed by atoms with Crippen LogP contribution in [-0.4, -0.2) is 22.9 Å². The highest BCUT2D eigenvalue weighted by Crippen LogP contribution is 2.52. The lowest BCUT2D eigenvalue weighted by Crippen LogP contribution is -2.28. The van der Waals surface area contributed by atoms with Gasteiger partial charge in [-0.05, 0) is 37.5 Å². The number of nitrogens with zero attached hydrogens (tertiary/aromatic N) is 2. The molecule has 4 rings (SSSR count). The van der Waals surface area contributed by atoms with E-state index >= 15 is 0 Å². The van der Waals surface area contributed by atoms with Crippen LogP contribution in [0, 0.1) is 11.8 Å². The zero-order valence-corrected chi connectivity index (χ0v) is 10.8. The smallest absolute Gasteiger partial charge is 0.124 e. The highest BCUT2D eigenvalue weighted by molar-refractivity contribution is 5.40. The van der Waals surface area contributed by atoms with Gasteiger partial charge in [-0.2, -0.15) is 5.10 Å². The van der Waals surface area contributed by atoms with E-state index in [1.54, 1.807) is 0 Å². The molecule has 2 fully saturated rings. The average Bonchev–Trinajstić information content (AvgIpc) is 3.11. The topological polar surface area (TPSA) is 55.9 Å². The number of nitrogens with two attached hydrogens (primary N) is 1. The molecule has 0 amide bonds. The van der Waals surface area contributed by atoms with Crippen LogP contribution in [0.25, 0.3) is 0 Å². The van der Waals surface area contributed by atoms with Crippen molar-refractivity contribution >= 4 is 5.82 Å². The predicted molar refractivity (Wildman–Crippen MR) is 71.6 cm³/mol. The van der Waals surface area contributed by atoms with Crippen molar-refractivity contribution in [3.8, 4) is 0 Å². The van der Waals surface area contributed by atoms with Crippen molar-refractivity contribution in [2.75, 3.05) is 18.4 Å². The molecule has 4 unspecified atom stereocenters. The first kappa shape index (κ1) is 10.9. The summed E-state index contributed by atoms with van der Waals surface area (Å²) in [5, 5.41) is 8.34. The van der Waals surface area contributed by atoms with Gasteiger partial charge >= 0.3 is 0 Å². The van der Waals surface area contributed by atoms with Crippen LogP contribution in [0.1, 0.15) is 49.8 Å². The number of rotatable bonds is 2. The van der Waals surface area contributed by atoms with Crippen molar-refractivity contribution in [1.29, 1.82) is 0 Å². The molecule has 2 saturated carbocycles. The van der Waals surface area contributed by atoms with E-state index in [1.165, 1.54) is 37.2 Å². The molecule has 1 aliphatic heterocycles. The molecule has 18 heavy (non-hydrogen) atoms. The van der Waals surface area contributed by atoms with Gasteiger partial charge in [-0.15, -0.1) is 0 Å². The molecule has 4 atom stereocenters. The normalized spacial score (nSPS) is 37.6. The summed E-state index contributed by atoms with van der Waals surface area (Å²) in [7, 11) is 0. The zero-order valence-electron chi connectivity index (χ0n) is 10.8. The molecule has 0 aromatic carbocycles. The van der Waals surface area contributed by atoms with E-state index in [4.69, 9.17) is 10.8 Å². The Morgan fingerprint density at radius 3 is 3.00 bits per heavy atom. The van der Waals surface area contributed by atoms with Crippen LogP contribution in [0.4, 0.5) is 5.82 Å². The molecule has 2 heterocycles. The number of fused-ring (bicyclic) bond motifs is 3. The summed E-state index contributed by atoms with van der Waals surface area (Å²) in [6, 6.07) is 2.68. The maximum atomic E-state index is 5.85. The lowest BCUT2D eigenvalue weighted by molar-refractivity contribution is 0.391. The molecule has 4 heteroatoms. The van der Waals surface area contributed by atoms with E-state index in [9.17, 15) is 0 Å². The Balaban J connectivity index is 1.65. The van der Waals surface area contributed by atoms with Crippen LogP contribution in [0.3, 0.4) is 0 Å². The van der Waals surface area contributed by atoms with Crippen molar-refractivity contribution in [3.63, 3.8) is 0 Å². The molecule has 1 aromatic rings. The van der Waals surface area contributed by atoms with Crippen LogP contribution in [-0.2, 0) is 0 Å². The molecule has 98 valence electrons. The number of hydrogen-bond acceptors (Lipinski definition) is 3. The Kier molecular flexibility index (Phi) is 2.40. The molecule has 2 bridgehead atoms. The summed E-state index contributed by atoms with van der Waals surface area (Å²) in [5.74, 6) is 3.80. The Morgan fingerprint density at radius 2 is 2.28 bits per heavy atom. The standard InChI is InChI=1S/C14H22N4/c15-8-11-3-4-16-14-7-13(17-18(11)14)12-6-9-1-2-10(12)5-9/h7,9-12,16H,1-6,8,15H2. The zero-order chi connectivity index (χ0) is 12.1. The fourth-order valence-corrected chi connectivity index (χ4v) is 4.32. The minimum Gasteiger partial charge on any atom is -0.370 e. The van der Waals surface area contributed by atoms with Gasteiger partial charge in [0.25, 0.3) is 0 Å². The van der Waals surface area contributed by atoms with E-state index in [-0.39, 0.29) is 0 Å². The summed E-state index contributed by atoms with van der Waals surface area (Å²) in [6.07, 6.45) is 6.79. The van der Waals surface area contributed by atoms with Crippen LogP contribution in [0.2, 0.25) is 0 Å². The van der Waals surface area contributed by atoms with E-state index in [2.05, 4.69) is 16.1 Å². The van der Waals surface area contributed by atoms with Gasteiger partial charge in [-0.25, -0.2) is 4.68 Å². The van der Waals surface area contributed by atoms with Crippen molar-refractivity contribution in [2.24, 2.45) is 17.6 Å². The van der Waals surface area contributed by atoms with Crippen molar-refractivity contribution in [3.05, 3.63) is 11.8 Å². The summed E-state index contributed by atoms with van der Waals surface area (Å²) in [4.78, 5) is 0. The maximum absolute atomic E-state index is 5.85. The molecule has 0 radical (unpaired) electrons. The van der Waals surface area contributed by atoms with E-state index in [1.807, 2.05) is 0 Å². The number of hydrogen-bond donors (Lipinski definition) is 2. The third-order valence-corrected chi connectivity index (χ3v) is 5.27. The first-order valence-electron chi connectivity index (χ1n) is 7.38. The van der Waals surface area contributed by atoms with Gasteiger partial charge in [-0.1, -0.05) is 6.42 Å². The lowest BCUT2D eigenvalue weighted by Gasteiger charge is -2.24. The highest BCUT2D eigenvalue weighted by Gasteiger charge is 2.41. The highest BCUT2D eigenvalue weighted by atomic mass is 15.4. The Hall–Kier alpha value is -1.03. The van der Waals surface area contributed by atoms with Crippen LogP contribution >= 0.6 is 0 Å². The molecule has 1 aromatic heterocycles. The second-order valence-corrected chi connectivity index (χ2v) is 6.29. The third kappa shape index (κ3) is 1.51. The number of aromatic nitrogens is 2. The van der Waals surface area contributed by atoms with Crippen molar-refractivity contribution < 1.29 is 0 Å². The van der Waals surface area contributed by atoms with Crippen LogP contribution < -0.4 is 11.1 Å². The van der Waals surface area contributed by atoms with Gasteiger partial charge in [0.1, 0.15) is 5.82 Å². The average molecular weight is 246 g/mol. The van der Waals surface area contributed by atoms with Crippen molar-refractivity contribution in [1.82, 2.24) is 9.78 Å². The molecular formula is C14H22N4. The van der Waals surface area contributed by atoms with Gasteiger partial charge in [0, 0.05) is 25.1 Å². The summed E-state index contributed by atoms with van der Waals surface area (Å²) < 4.78 is 2.14. The second kappa shape index (κ2) is 3.98. The maximum Gasteiger partial charge on any atom is 0.124 e. The Bertz CT molecular complexity index is 453. The van der Waals surface area contributed by atoms with E-state index < -0.39 is 0 Å². The van der Waals surface area contributed by atoms with Gasteiger partial charge in [-0.3, -0.25) is 0 Å². The first-order chi connectivity index (χ1) is 8.85. The van der Waals surface area contributed by atoms with Crippen LogP contribution in [0.5, 0.6) is 0 Å². The van der Waals surface area contributed by atoms with Gasteiger partial charge < -0.3 is 11.1 Å². The Labute approximate surface area is 108 Å². The monoisotopic (exact) mass is 246 g/mol. The molecule has 0 spiro atoms. The van der Waals surface area contributed by atoms with E-state index in [0.717, 1.165) is 30.7 Å². The van der Waals surface area contributed by atoms with Crippen molar-refractivity contribution in [2.45, 2.75) is 44.1 Å². The molecular weight excluding hydrogens is 224 g/mol. The third-order valence-electron chi connectivity index (χ3n) is 5.27. The summed E-state index contributed by atoms with van der Waals surface area (Å²) in [5.41, 5.74) is 7.18. The molecule has 4 nitrogen and oxygen atoms in total.